The van der Waals surface area contributed by atoms with E-state index in [4.69, 9.17) is 14.2 Å². The summed E-state index contributed by atoms with van der Waals surface area (Å²) in [6.07, 6.45) is 73.7. The van der Waals surface area contributed by atoms with Crippen molar-refractivity contribution in [3.63, 3.8) is 0 Å². The first kappa shape index (κ1) is 59.0. The molecule has 0 aromatic rings. The summed E-state index contributed by atoms with van der Waals surface area (Å²) in [6.45, 7) is 6.19. The first-order valence-electron chi connectivity index (χ1n) is 24.6. The minimum absolute atomic E-state index is 0.135. The van der Waals surface area contributed by atoms with E-state index in [1.54, 1.807) is 0 Å². The summed E-state index contributed by atoms with van der Waals surface area (Å²) in [5.74, 6) is -1.09. The molecule has 6 nitrogen and oxygen atoms in total. The Balaban J connectivity index is 4.64. The Hall–Kier alpha value is -4.97. The Kier molecular flexibility index (Phi) is 46.7. The number of carbonyl (C=O) groups is 3. The van der Waals surface area contributed by atoms with Crippen molar-refractivity contribution in [2.24, 2.45) is 0 Å². The van der Waals surface area contributed by atoms with Crippen LogP contribution >= 0.6 is 0 Å². The molecular formula is C58H86O6. The van der Waals surface area contributed by atoms with E-state index in [0.717, 1.165) is 96.3 Å². The zero-order valence-corrected chi connectivity index (χ0v) is 40.2. The molecule has 354 valence electrons. The Morgan fingerprint density at radius 2 is 0.719 bits per heavy atom. The van der Waals surface area contributed by atoms with Gasteiger partial charge in [-0.1, -0.05) is 217 Å². The second-order valence-corrected chi connectivity index (χ2v) is 15.4. The fourth-order valence-corrected chi connectivity index (χ4v) is 5.81. The number of esters is 3. The molecule has 0 N–H and O–H groups in total. The summed E-state index contributed by atoms with van der Waals surface area (Å²) in [7, 11) is 0. The lowest BCUT2D eigenvalue weighted by atomic mass is 10.1. The smallest absolute Gasteiger partial charge is 0.306 e. The fraction of sp³-hybridized carbons (Fsp3) is 0.500. The van der Waals surface area contributed by atoms with E-state index >= 15 is 0 Å². The van der Waals surface area contributed by atoms with Crippen LogP contribution in [0.15, 0.2) is 158 Å². The van der Waals surface area contributed by atoms with E-state index < -0.39 is 12.1 Å². The molecule has 0 rings (SSSR count). The van der Waals surface area contributed by atoms with Gasteiger partial charge in [0.25, 0.3) is 0 Å². The largest absolute Gasteiger partial charge is 0.462 e. The molecule has 6 heteroatoms. The lowest BCUT2D eigenvalue weighted by molar-refractivity contribution is -0.166. The molecule has 0 saturated carbocycles. The lowest BCUT2D eigenvalue weighted by Crippen LogP contribution is -2.30. The molecule has 0 aliphatic carbocycles. The van der Waals surface area contributed by atoms with Crippen LogP contribution in [0.1, 0.15) is 168 Å². The highest BCUT2D eigenvalue weighted by Crippen LogP contribution is 2.11. The summed E-state index contributed by atoms with van der Waals surface area (Å²) in [5.41, 5.74) is 0. The molecule has 0 aromatic heterocycles. The van der Waals surface area contributed by atoms with Gasteiger partial charge in [-0.25, -0.2) is 0 Å². The SMILES string of the molecule is CC\C=C/C=C\C=C/C=C\C=C\C=C/C=C\CCCCCC(=O)OCC(COC(=O)CCCCCCC/C=C\CCCC)OC(=O)CC/C=C\C/C=C\C/C=C\C/C=C\C/C=C\CC. The van der Waals surface area contributed by atoms with Crippen LogP contribution in [0.4, 0.5) is 0 Å². The minimum Gasteiger partial charge on any atom is -0.462 e. The van der Waals surface area contributed by atoms with Crippen LogP contribution < -0.4 is 0 Å². The number of rotatable bonds is 41. The van der Waals surface area contributed by atoms with Crippen LogP contribution in [0.2, 0.25) is 0 Å². The first-order valence-corrected chi connectivity index (χ1v) is 24.6. The Morgan fingerprint density at radius 1 is 0.344 bits per heavy atom. The summed E-state index contributed by atoms with van der Waals surface area (Å²) >= 11 is 0. The van der Waals surface area contributed by atoms with Crippen LogP contribution in [-0.2, 0) is 28.6 Å². The molecule has 0 heterocycles. The van der Waals surface area contributed by atoms with Crippen molar-refractivity contribution in [3.8, 4) is 0 Å². The molecule has 0 bridgehead atoms. The van der Waals surface area contributed by atoms with Crippen molar-refractivity contribution in [1.29, 1.82) is 0 Å². The highest BCUT2D eigenvalue weighted by molar-refractivity contribution is 5.71. The minimum atomic E-state index is -0.847. The van der Waals surface area contributed by atoms with Gasteiger partial charge in [-0.15, -0.1) is 0 Å². The fourth-order valence-electron chi connectivity index (χ4n) is 5.81. The van der Waals surface area contributed by atoms with E-state index in [1.165, 1.54) is 19.3 Å². The molecule has 1 atom stereocenters. The summed E-state index contributed by atoms with van der Waals surface area (Å²) < 4.78 is 16.6. The van der Waals surface area contributed by atoms with E-state index in [2.05, 4.69) is 93.7 Å². The summed E-state index contributed by atoms with van der Waals surface area (Å²) in [4.78, 5) is 37.9. The highest BCUT2D eigenvalue weighted by atomic mass is 16.6. The van der Waals surface area contributed by atoms with E-state index in [-0.39, 0.29) is 38.0 Å². The van der Waals surface area contributed by atoms with Gasteiger partial charge in [0.2, 0.25) is 0 Å². The van der Waals surface area contributed by atoms with Gasteiger partial charge in [-0.05, 0) is 89.9 Å². The van der Waals surface area contributed by atoms with Crippen molar-refractivity contribution in [2.75, 3.05) is 13.2 Å². The van der Waals surface area contributed by atoms with Gasteiger partial charge in [-0.3, -0.25) is 14.4 Å². The Labute approximate surface area is 390 Å². The average Bonchev–Trinajstić information content (AvgIpc) is 3.29. The third kappa shape index (κ3) is 48.1. The van der Waals surface area contributed by atoms with Crippen LogP contribution in [0, 0.1) is 0 Å². The molecule has 0 radical (unpaired) electrons. The van der Waals surface area contributed by atoms with Crippen molar-refractivity contribution in [3.05, 3.63) is 158 Å². The van der Waals surface area contributed by atoms with Crippen LogP contribution in [0.5, 0.6) is 0 Å². The second kappa shape index (κ2) is 50.7. The zero-order valence-electron chi connectivity index (χ0n) is 40.2. The maximum Gasteiger partial charge on any atom is 0.306 e. The molecule has 0 saturated heterocycles. The highest BCUT2D eigenvalue weighted by Gasteiger charge is 2.19. The number of allylic oxidation sites excluding steroid dienone is 26. The zero-order chi connectivity index (χ0) is 46.5. The third-order valence-electron chi connectivity index (χ3n) is 9.46. The predicted octanol–water partition coefficient (Wildman–Crippen LogP) is 16.2. The second-order valence-electron chi connectivity index (χ2n) is 15.4. The monoisotopic (exact) mass is 879 g/mol. The Morgan fingerprint density at radius 3 is 1.22 bits per heavy atom. The maximum atomic E-state index is 12.7. The van der Waals surface area contributed by atoms with E-state index in [1.807, 2.05) is 85.1 Å². The van der Waals surface area contributed by atoms with E-state index in [9.17, 15) is 14.4 Å². The molecule has 0 fully saturated rings. The summed E-state index contributed by atoms with van der Waals surface area (Å²) in [6, 6.07) is 0. The van der Waals surface area contributed by atoms with Crippen molar-refractivity contribution in [2.45, 2.75) is 175 Å². The van der Waals surface area contributed by atoms with Crippen LogP contribution in [0.25, 0.3) is 0 Å². The lowest BCUT2D eigenvalue weighted by Gasteiger charge is -2.18. The van der Waals surface area contributed by atoms with Crippen molar-refractivity contribution < 1.29 is 28.6 Å². The molecule has 0 spiro atoms. The standard InChI is InChI=1S/C58H86O6/c1-4-7-10-13-16-19-22-24-26-28-29-30-32-33-36-39-42-45-48-51-57(60)63-54-55(53-62-56(59)50-47-44-41-38-35-21-18-15-12-9-6-3)64-58(61)52-49-46-43-40-37-34-31-27-25-23-20-17-14-11-8-5-2/h7-8,10-11,13,15-20,22,24-30,32-34,36-37,43,46,55H,4-6,9,12,14,21,23,31,35,38-42,44-45,47-54H2,1-3H3/b10-7-,11-8-,16-13-,18-15-,20-17-,22-19-,26-24-,27-25-,29-28+,32-30-,36-33-,37-34-,46-43-. The predicted molar refractivity (Wildman–Crippen MR) is 274 cm³/mol. The number of carbonyl (C=O) groups excluding carboxylic acids is 3. The molecule has 64 heavy (non-hydrogen) atoms. The van der Waals surface area contributed by atoms with Gasteiger partial charge >= 0.3 is 17.9 Å². The van der Waals surface area contributed by atoms with Gasteiger partial charge in [0.1, 0.15) is 13.2 Å². The van der Waals surface area contributed by atoms with Crippen molar-refractivity contribution in [1.82, 2.24) is 0 Å². The van der Waals surface area contributed by atoms with Gasteiger partial charge in [0.15, 0.2) is 6.10 Å². The third-order valence-corrected chi connectivity index (χ3v) is 9.46. The van der Waals surface area contributed by atoms with Crippen LogP contribution in [-0.4, -0.2) is 37.2 Å². The molecular weight excluding hydrogens is 793 g/mol. The van der Waals surface area contributed by atoms with Crippen LogP contribution in [0.3, 0.4) is 0 Å². The average molecular weight is 879 g/mol. The topological polar surface area (TPSA) is 78.9 Å². The first-order chi connectivity index (χ1) is 31.5. The number of unbranched alkanes of at least 4 members (excludes halogenated alkanes) is 10. The van der Waals surface area contributed by atoms with Crippen molar-refractivity contribution >= 4 is 17.9 Å². The van der Waals surface area contributed by atoms with Gasteiger partial charge in [0, 0.05) is 19.3 Å². The number of hydrogen-bond donors (Lipinski definition) is 0. The summed E-state index contributed by atoms with van der Waals surface area (Å²) in [5, 5.41) is 0. The van der Waals surface area contributed by atoms with Gasteiger partial charge in [0.05, 0.1) is 0 Å². The molecule has 1 unspecified atom stereocenters. The van der Waals surface area contributed by atoms with Gasteiger partial charge in [-0.2, -0.15) is 0 Å². The number of hydrogen-bond acceptors (Lipinski definition) is 6. The Bertz CT molecular complexity index is 1520. The normalized spacial score (nSPS) is 13.5. The van der Waals surface area contributed by atoms with Gasteiger partial charge < -0.3 is 14.2 Å². The molecule has 0 aliphatic heterocycles. The maximum absolute atomic E-state index is 12.7. The molecule has 0 amide bonds. The van der Waals surface area contributed by atoms with E-state index in [0.29, 0.717) is 19.3 Å². The molecule has 0 aliphatic rings. The molecule has 0 aromatic carbocycles. The number of ether oxygens (including phenoxy) is 3. The quantitative estimate of drug-likeness (QED) is 0.0200.